The molecule has 2 heterocycles. The van der Waals surface area contributed by atoms with Gasteiger partial charge >= 0.3 is 5.97 Å². The fourth-order valence-corrected chi connectivity index (χ4v) is 2.73. The minimum Gasteiger partial charge on any atom is -0.465 e. The fourth-order valence-electron chi connectivity index (χ4n) is 2.47. The highest BCUT2D eigenvalue weighted by atomic mass is 35.5. The van der Waals surface area contributed by atoms with E-state index in [0.29, 0.717) is 17.9 Å². The van der Waals surface area contributed by atoms with E-state index < -0.39 is 5.97 Å². The van der Waals surface area contributed by atoms with Crippen molar-refractivity contribution in [2.75, 3.05) is 19.0 Å². The number of halogens is 1. The Morgan fingerprint density at radius 1 is 1.39 bits per heavy atom. The highest BCUT2D eigenvalue weighted by molar-refractivity contribution is 6.34. The topological polar surface area (TPSA) is 96.1 Å². The van der Waals surface area contributed by atoms with Gasteiger partial charge in [0.25, 0.3) is 5.91 Å². The Kier molecular flexibility index (Phi) is 4.31. The summed E-state index contributed by atoms with van der Waals surface area (Å²) >= 11 is 6.04. The van der Waals surface area contributed by atoms with E-state index in [1.54, 1.807) is 6.07 Å². The first-order valence-electron chi connectivity index (χ1n) is 7.06. The van der Waals surface area contributed by atoms with Crippen molar-refractivity contribution in [1.29, 1.82) is 0 Å². The third-order valence-corrected chi connectivity index (χ3v) is 3.97. The van der Waals surface area contributed by atoms with E-state index >= 15 is 0 Å². The molecule has 0 spiro atoms. The van der Waals surface area contributed by atoms with Gasteiger partial charge in [-0.2, -0.15) is 5.10 Å². The maximum absolute atomic E-state index is 12.4. The molecule has 0 radical (unpaired) electrons. The molecule has 1 aromatic carbocycles. The predicted octanol–water partition coefficient (Wildman–Crippen LogP) is 1.75. The zero-order valence-corrected chi connectivity index (χ0v) is 13.2. The van der Waals surface area contributed by atoms with Crippen LogP contribution in [-0.2, 0) is 17.7 Å². The molecule has 0 saturated heterocycles. The Bertz CT molecular complexity index is 772. The highest BCUT2D eigenvalue weighted by Crippen LogP contribution is 2.23. The van der Waals surface area contributed by atoms with Gasteiger partial charge in [0.05, 0.1) is 17.7 Å². The molecular weight excluding hydrogens is 320 g/mol. The molecule has 120 valence electrons. The van der Waals surface area contributed by atoms with Crippen molar-refractivity contribution in [1.82, 2.24) is 15.5 Å². The normalized spacial score (nSPS) is 13.3. The number of fused-ring (bicyclic) bond motifs is 1. The van der Waals surface area contributed by atoms with E-state index in [1.807, 2.05) is 0 Å². The second kappa shape index (κ2) is 6.39. The summed E-state index contributed by atoms with van der Waals surface area (Å²) < 4.78 is 4.63. The number of methoxy groups -OCH3 is 1. The van der Waals surface area contributed by atoms with Crippen molar-refractivity contribution in [3.05, 3.63) is 45.7 Å². The van der Waals surface area contributed by atoms with Gasteiger partial charge in [-0.05, 0) is 18.2 Å². The lowest BCUT2D eigenvalue weighted by Crippen LogP contribution is -2.25. The van der Waals surface area contributed by atoms with Crippen LogP contribution in [0.5, 0.6) is 0 Å². The number of nitrogens with one attached hydrogen (secondary N) is 3. The van der Waals surface area contributed by atoms with Crippen molar-refractivity contribution in [2.24, 2.45) is 0 Å². The van der Waals surface area contributed by atoms with Gasteiger partial charge in [0.1, 0.15) is 0 Å². The summed E-state index contributed by atoms with van der Waals surface area (Å²) in [7, 11) is 1.28. The van der Waals surface area contributed by atoms with Crippen molar-refractivity contribution >= 4 is 29.2 Å². The SMILES string of the molecule is COC(=O)c1ccc(NC(=O)c2n[nH]c3c2CNCC3)cc1Cl. The third-order valence-electron chi connectivity index (χ3n) is 3.65. The number of carbonyl (C=O) groups excluding carboxylic acids is 2. The quantitative estimate of drug-likeness (QED) is 0.743. The molecule has 7 nitrogen and oxygen atoms in total. The number of hydrogen-bond acceptors (Lipinski definition) is 5. The van der Waals surface area contributed by atoms with Crippen LogP contribution in [0.4, 0.5) is 5.69 Å². The van der Waals surface area contributed by atoms with E-state index in [2.05, 4.69) is 25.6 Å². The Morgan fingerprint density at radius 3 is 2.96 bits per heavy atom. The van der Waals surface area contributed by atoms with Crippen LogP contribution >= 0.6 is 11.6 Å². The average molecular weight is 335 g/mol. The first-order valence-corrected chi connectivity index (χ1v) is 7.44. The minimum atomic E-state index is -0.527. The Hall–Kier alpha value is -2.38. The first kappa shape index (κ1) is 15.5. The van der Waals surface area contributed by atoms with Gasteiger partial charge < -0.3 is 15.4 Å². The average Bonchev–Trinajstić information content (AvgIpc) is 2.98. The maximum Gasteiger partial charge on any atom is 0.339 e. The van der Waals surface area contributed by atoms with Crippen LogP contribution in [0, 0.1) is 0 Å². The molecule has 0 bridgehead atoms. The van der Waals surface area contributed by atoms with E-state index in [9.17, 15) is 9.59 Å². The molecule has 8 heteroatoms. The van der Waals surface area contributed by atoms with Gasteiger partial charge in [0.2, 0.25) is 0 Å². The standard InChI is InChI=1S/C15H15ClN4O3/c1-23-15(22)9-3-2-8(6-11(9)16)18-14(21)13-10-7-17-5-4-12(10)19-20-13/h2-3,6,17H,4-5,7H2,1H3,(H,18,21)(H,19,20). The summed E-state index contributed by atoms with van der Waals surface area (Å²) in [6.07, 6.45) is 0.815. The molecule has 1 aliphatic rings. The van der Waals surface area contributed by atoms with E-state index in [0.717, 1.165) is 24.2 Å². The summed E-state index contributed by atoms with van der Waals surface area (Å²) in [5, 5.41) is 13.1. The number of benzene rings is 1. The third kappa shape index (κ3) is 3.06. The van der Waals surface area contributed by atoms with E-state index in [1.165, 1.54) is 19.2 Å². The number of carbonyl (C=O) groups is 2. The summed E-state index contributed by atoms with van der Waals surface area (Å²) in [6, 6.07) is 4.60. The maximum atomic E-state index is 12.4. The van der Waals surface area contributed by atoms with Crippen LogP contribution in [0.2, 0.25) is 5.02 Å². The van der Waals surface area contributed by atoms with Crippen molar-refractivity contribution in [3.8, 4) is 0 Å². The van der Waals surface area contributed by atoms with Crippen LogP contribution in [0.3, 0.4) is 0 Å². The lowest BCUT2D eigenvalue weighted by molar-refractivity contribution is 0.0601. The Balaban J connectivity index is 1.79. The summed E-state index contributed by atoms with van der Waals surface area (Å²) in [5.74, 6) is -0.853. The van der Waals surface area contributed by atoms with Crippen LogP contribution in [-0.4, -0.2) is 35.7 Å². The number of esters is 1. The smallest absolute Gasteiger partial charge is 0.339 e. The second-order valence-electron chi connectivity index (χ2n) is 5.10. The lowest BCUT2D eigenvalue weighted by atomic mass is 10.1. The number of aromatic nitrogens is 2. The van der Waals surface area contributed by atoms with Crippen LogP contribution in [0.1, 0.15) is 32.1 Å². The largest absolute Gasteiger partial charge is 0.465 e. The monoisotopic (exact) mass is 334 g/mol. The number of anilines is 1. The minimum absolute atomic E-state index is 0.209. The summed E-state index contributed by atoms with van der Waals surface area (Å²) in [4.78, 5) is 23.9. The molecule has 0 atom stereocenters. The molecule has 0 unspecified atom stereocenters. The molecule has 1 aromatic heterocycles. The molecule has 0 aliphatic carbocycles. The number of aromatic amines is 1. The van der Waals surface area contributed by atoms with Crippen LogP contribution in [0.15, 0.2) is 18.2 Å². The van der Waals surface area contributed by atoms with Gasteiger partial charge in [0, 0.05) is 36.5 Å². The first-order chi connectivity index (χ1) is 11.1. The summed E-state index contributed by atoms with van der Waals surface area (Å²) in [5.41, 5.74) is 2.95. The predicted molar refractivity (Wildman–Crippen MR) is 84.7 cm³/mol. The number of rotatable bonds is 3. The Labute approximate surface area is 137 Å². The lowest BCUT2D eigenvalue weighted by Gasteiger charge is -2.13. The summed E-state index contributed by atoms with van der Waals surface area (Å²) in [6.45, 7) is 1.47. The van der Waals surface area contributed by atoms with Crippen molar-refractivity contribution < 1.29 is 14.3 Å². The zero-order valence-electron chi connectivity index (χ0n) is 12.4. The van der Waals surface area contributed by atoms with E-state index in [-0.39, 0.29) is 16.5 Å². The number of nitrogens with zero attached hydrogens (tertiary/aromatic N) is 1. The molecular formula is C15H15ClN4O3. The second-order valence-corrected chi connectivity index (χ2v) is 5.50. The van der Waals surface area contributed by atoms with Gasteiger partial charge in [-0.15, -0.1) is 0 Å². The van der Waals surface area contributed by atoms with Crippen molar-refractivity contribution in [2.45, 2.75) is 13.0 Å². The van der Waals surface area contributed by atoms with Gasteiger partial charge in [-0.25, -0.2) is 4.79 Å². The highest BCUT2D eigenvalue weighted by Gasteiger charge is 2.22. The molecule has 2 aromatic rings. The molecule has 3 N–H and O–H groups in total. The van der Waals surface area contributed by atoms with Gasteiger partial charge in [0.15, 0.2) is 5.69 Å². The molecule has 0 saturated carbocycles. The number of hydrogen-bond donors (Lipinski definition) is 3. The number of amides is 1. The van der Waals surface area contributed by atoms with Gasteiger partial charge in [-0.1, -0.05) is 11.6 Å². The number of ether oxygens (including phenoxy) is 1. The Morgan fingerprint density at radius 2 is 2.22 bits per heavy atom. The van der Waals surface area contributed by atoms with Crippen LogP contribution in [0.25, 0.3) is 0 Å². The van der Waals surface area contributed by atoms with Crippen LogP contribution < -0.4 is 10.6 Å². The van der Waals surface area contributed by atoms with Crippen molar-refractivity contribution in [3.63, 3.8) is 0 Å². The molecule has 1 amide bonds. The zero-order chi connectivity index (χ0) is 16.4. The number of H-pyrrole nitrogens is 1. The molecule has 3 rings (SSSR count). The fraction of sp³-hybridized carbons (Fsp3) is 0.267. The molecule has 0 fully saturated rings. The molecule has 23 heavy (non-hydrogen) atoms. The van der Waals surface area contributed by atoms with E-state index in [4.69, 9.17) is 11.6 Å². The molecule has 1 aliphatic heterocycles. The van der Waals surface area contributed by atoms with Gasteiger partial charge in [-0.3, -0.25) is 9.89 Å².